The van der Waals surface area contributed by atoms with Crippen molar-refractivity contribution in [3.05, 3.63) is 53.0 Å². The normalized spacial score (nSPS) is 19.8. The van der Waals surface area contributed by atoms with Gasteiger partial charge in [0.2, 0.25) is 5.91 Å². The minimum absolute atomic E-state index is 0.000131. The minimum Gasteiger partial charge on any atom is -0.415 e. The van der Waals surface area contributed by atoms with Gasteiger partial charge in [-0.3, -0.25) is 9.59 Å². The van der Waals surface area contributed by atoms with Crippen LogP contribution in [0.2, 0.25) is 18.1 Å². The number of halogens is 1. The van der Waals surface area contributed by atoms with E-state index >= 15 is 0 Å². The highest BCUT2D eigenvalue weighted by molar-refractivity contribution is 6.74. The Labute approximate surface area is 221 Å². The van der Waals surface area contributed by atoms with E-state index in [9.17, 15) is 14.0 Å². The number of hydrogen-bond acceptors (Lipinski definition) is 5. The zero-order chi connectivity index (χ0) is 27.7. The molecule has 0 radical (unpaired) electrons. The molecule has 3 atom stereocenters. The number of benzene rings is 1. The molecule has 0 fully saturated rings. The van der Waals surface area contributed by atoms with E-state index in [-0.39, 0.29) is 40.7 Å². The third-order valence-corrected chi connectivity index (χ3v) is 12.4. The first-order chi connectivity index (χ1) is 17.1. The molecule has 2 heterocycles. The lowest BCUT2D eigenvalue weighted by atomic mass is 9.82. The average molecular weight is 529 g/mol. The van der Waals surface area contributed by atoms with Crippen LogP contribution in [0.4, 0.5) is 15.9 Å². The predicted molar refractivity (Wildman–Crippen MR) is 149 cm³/mol. The van der Waals surface area contributed by atoms with Crippen molar-refractivity contribution < 1.29 is 18.4 Å². The number of carbonyl (C=O) groups is 2. The lowest BCUT2D eigenvalue weighted by molar-refractivity contribution is -0.117. The maximum absolute atomic E-state index is 13.8. The molecule has 202 valence electrons. The lowest BCUT2D eigenvalue weighted by Gasteiger charge is -2.44. The van der Waals surface area contributed by atoms with E-state index in [1.807, 2.05) is 19.1 Å². The number of aromatic nitrogens is 1. The monoisotopic (exact) mass is 528 g/mol. The summed E-state index contributed by atoms with van der Waals surface area (Å²) in [5, 5.41) is 6.50. The second kappa shape index (κ2) is 10.9. The van der Waals surface area contributed by atoms with Crippen molar-refractivity contribution in [1.82, 2.24) is 10.3 Å². The highest BCUT2D eigenvalue weighted by Gasteiger charge is 2.39. The predicted octanol–water partition coefficient (Wildman–Crippen LogP) is 5.83. The largest absolute Gasteiger partial charge is 0.415 e. The molecular weight excluding hydrogens is 487 g/mol. The van der Waals surface area contributed by atoms with Crippen LogP contribution >= 0.6 is 0 Å². The van der Waals surface area contributed by atoms with Crippen LogP contribution in [-0.4, -0.2) is 44.3 Å². The molecule has 0 spiro atoms. The van der Waals surface area contributed by atoms with E-state index in [1.54, 1.807) is 30.9 Å². The summed E-state index contributed by atoms with van der Waals surface area (Å²) in [6, 6.07) is 8.10. The van der Waals surface area contributed by atoms with Gasteiger partial charge >= 0.3 is 0 Å². The maximum atomic E-state index is 13.8. The number of pyridine rings is 1. The molecule has 2 aromatic rings. The van der Waals surface area contributed by atoms with Crippen molar-refractivity contribution in [2.75, 3.05) is 23.4 Å². The zero-order valence-corrected chi connectivity index (χ0v) is 24.5. The number of fused-ring (bicyclic) bond motifs is 1. The van der Waals surface area contributed by atoms with Crippen LogP contribution in [0.25, 0.3) is 0 Å². The van der Waals surface area contributed by atoms with Crippen LogP contribution in [0.5, 0.6) is 0 Å². The molecule has 3 rings (SSSR count). The van der Waals surface area contributed by atoms with Gasteiger partial charge in [-0.1, -0.05) is 27.7 Å². The Kier molecular flexibility index (Phi) is 8.49. The summed E-state index contributed by atoms with van der Waals surface area (Å²) < 4.78 is 20.0. The number of nitrogens with one attached hydrogen (secondary N) is 2. The molecule has 0 bridgehead atoms. The lowest BCUT2D eigenvalue weighted by Crippen LogP contribution is -2.48. The van der Waals surface area contributed by atoms with Crippen LogP contribution in [0.15, 0.2) is 30.3 Å². The van der Waals surface area contributed by atoms with Gasteiger partial charge in [0.05, 0.1) is 18.3 Å². The summed E-state index contributed by atoms with van der Waals surface area (Å²) in [5.74, 6) is -0.0792. The fourth-order valence-electron chi connectivity index (χ4n) is 4.42. The number of anilines is 2. The van der Waals surface area contributed by atoms with Gasteiger partial charge in [-0.2, -0.15) is 0 Å². The summed E-state index contributed by atoms with van der Waals surface area (Å²) in [5.41, 5.74) is 2.40. The molecule has 1 aromatic carbocycles. The second-order valence-electron chi connectivity index (χ2n) is 11.5. The van der Waals surface area contributed by atoms with E-state index in [0.717, 1.165) is 11.3 Å². The summed E-state index contributed by atoms with van der Waals surface area (Å²) in [6.45, 7) is 19.0. The topological polar surface area (TPSA) is 83.6 Å². The summed E-state index contributed by atoms with van der Waals surface area (Å²) in [6.07, 6.45) is 0. The number of aryl methyl sites for hydroxylation is 1. The average Bonchev–Trinajstić information content (AvgIpc) is 2.80. The Morgan fingerprint density at radius 2 is 1.84 bits per heavy atom. The summed E-state index contributed by atoms with van der Waals surface area (Å²) >= 11 is 0. The molecule has 0 saturated carbocycles. The van der Waals surface area contributed by atoms with Crippen LogP contribution in [0.1, 0.15) is 69.2 Å². The van der Waals surface area contributed by atoms with Crippen LogP contribution < -0.4 is 15.5 Å². The van der Waals surface area contributed by atoms with Crippen LogP contribution in [0.3, 0.4) is 0 Å². The number of carbonyl (C=O) groups excluding carboxylic acids is 2. The second-order valence-corrected chi connectivity index (χ2v) is 16.3. The first-order valence-electron chi connectivity index (χ1n) is 12.9. The maximum Gasteiger partial charge on any atom is 0.251 e. The van der Waals surface area contributed by atoms with E-state index in [4.69, 9.17) is 4.43 Å². The van der Waals surface area contributed by atoms with Gasteiger partial charge in [0, 0.05) is 36.7 Å². The summed E-state index contributed by atoms with van der Waals surface area (Å²) in [7, 11) is -1.89. The van der Waals surface area contributed by atoms with Gasteiger partial charge in [-0.05, 0) is 67.9 Å². The smallest absolute Gasteiger partial charge is 0.251 e. The molecule has 37 heavy (non-hydrogen) atoms. The van der Waals surface area contributed by atoms with Crippen molar-refractivity contribution in [2.45, 2.75) is 78.7 Å². The number of amides is 2. The highest BCUT2D eigenvalue weighted by atomic mass is 28.4. The Morgan fingerprint density at radius 3 is 2.43 bits per heavy atom. The van der Waals surface area contributed by atoms with Crippen molar-refractivity contribution in [3.63, 3.8) is 0 Å². The van der Waals surface area contributed by atoms with Gasteiger partial charge in [-0.15, -0.1) is 0 Å². The molecule has 9 heteroatoms. The molecule has 0 aliphatic carbocycles. The number of hydrogen-bond donors (Lipinski definition) is 2. The Bertz CT molecular complexity index is 1160. The molecule has 1 aromatic heterocycles. The van der Waals surface area contributed by atoms with Crippen LogP contribution in [0, 0.1) is 18.7 Å². The molecule has 2 amide bonds. The van der Waals surface area contributed by atoms with Crippen molar-refractivity contribution in [2.24, 2.45) is 5.92 Å². The minimum atomic E-state index is -1.89. The number of nitrogens with zero attached hydrogens (tertiary/aromatic N) is 2. The van der Waals surface area contributed by atoms with E-state index in [0.29, 0.717) is 30.2 Å². The first kappa shape index (κ1) is 28.8. The Morgan fingerprint density at radius 1 is 1.16 bits per heavy atom. The standard InChI is InChI=1S/C28H41FN4O3Si/c1-17-19(3)33(20(4)34)24-12-10-21(27(35)30-14-15-36-37(8,9)28(5,6)7)16-22(24)26(17)32-25-13-11-23(29)18(2)31-25/h10-13,16-17,19,26H,14-15H2,1-9H3,(H,30,35)(H,31,32)/t17-,19-,26+/m0/s1. The van der Waals surface area contributed by atoms with Gasteiger partial charge < -0.3 is 20.0 Å². The van der Waals surface area contributed by atoms with Crippen molar-refractivity contribution >= 4 is 31.6 Å². The van der Waals surface area contributed by atoms with Crippen LogP contribution in [-0.2, 0) is 9.22 Å². The van der Waals surface area contributed by atoms with Crippen molar-refractivity contribution in [1.29, 1.82) is 0 Å². The van der Waals surface area contributed by atoms with Gasteiger partial charge in [0.1, 0.15) is 11.6 Å². The molecule has 2 N–H and O–H groups in total. The quantitative estimate of drug-likeness (QED) is 0.349. The first-order valence-corrected chi connectivity index (χ1v) is 15.8. The summed E-state index contributed by atoms with van der Waals surface area (Å²) in [4.78, 5) is 31.7. The van der Waals surface area contributed by atoms with Gasteiger partial charge in [0.25, 0.3) is 5.91 Å². The fraction of sp³-hybridized carbons (Fsp3) is 0.536. The van der Waals surface area contributed by atoms with E-state index in [1.165, 1.54) is 6.07 Å². The molecule has 1 aliphatic heterocycles. The van der Waals surface area contributed by atoms with Gasteiger partial charge in [-0.25, -0.2) is 9.37 Å². The Balaban J connectivity index is 1.85. The third kappa shape index (κ3) is 6.21. The third-order valence-electron chi connectivity index (χ3n) is 7.90. The molecule has 1 aliphatic rings. The van der Waals surface area contributed by atoms with Crippen molar-refractivity contribution in [3.8, 4) is 0 Å². The molecule has 0 unspecified atom stereocenters. The van der Waals surface area contributed by atoms with E-state index in [2.05, 4.69) is 56.4 Å². The Hall–Kier alpha value is -2.78. The SMILES string of the molecule is CC(=O)N1c2ccc(C(=O)NCCO[Si](C)(C)C(C)(C)C)cc2[C@H](Nc2ccc(F)c(C)n2)[C@@H](C)[C@@H]1C. The van der Waals surface area contributed by atoms with E-state index < -0.39 is 8.32 Å². The highest BCUT2D eigenvalue weighted by Crippen LogP contribution is 2.43. The zero-order valence-electron chi connectivity index (χ0n) is 23.5. The molecular formula is C28H41FN4O3Si. The molecule has 0 saturated heterocycles. The fourth-order valence-corrected chi connectivity index (χ4v) is 5.46. The number of rotatable bonds is 7. The van der Waals surface area contributed by atoms with Gasteiger partial charge in [0.15, 0.2) is 8.32 Å². The molecule has 7 nitrogen and oxygen atoms in total.